The van der Waals surface area contributed by atoms with E-state index in [1.165, 1.54) is 6.26 Å². The van der Waals surface area contributed by atoms with E-state index in [1.807, 2.05) is 6.07 Å². The lowest BCUT2D eigenvalue weighted by atomic mass is 9.59. The second kappa shape index (κ2) is 9.10. The molecule has 1 aromatic heterocycles. The normalized spacial score (nSPS) is 27.3. The minimum atomic E-state index is -2.58. The molecule has 0 radical (unpaired) electrons. The van der Waals surface area contributed by atoms with Crippen molar-refractivity contribution in [2.45, 2.75) is 50.7 Å². The minimum Gasteiger partial charge on any atom is -0.508 e. The molecule has 0 bridgehead atoms. The number of ketones is 2. The second-order valence-electron chi connectivity index (χ2n) is 11.0. The summed E-state index contributed by atoms with van der Waals surface area (Å²) in [6.45, 7) is 2.21. The Morgan fingerprint density at radius 2 is 1.90 bits per heavy atom. The quantitative estimate of drug-likeness (QED) is 0.366. The molecule has 10 heteroatoms. The summed E-state index contributed by atoms with van der Waals surface area (Å²) >= 11 is 0. The predicted octanol–water partition coefficient (Wildman–Crippen LogP) is 3.16. The van der Waals surface area contributed by atoms with Crippen molar-refractivity contribution in [3.05, 3.63) is 58.3 Å². The summed E-state index contributed by atoms with van der Waals surface area (Å²) in [4.78, 5) is 40.5. The van der Waals surface area contributed by atoms with Gasteiger partial charge in [0.25, 0.3) is 5.91 Å². The number of phenols is 1. The molecule has 3 aliphatic carbocycles. The van der Waals surface area contributed by atoms with Crippen molar-refractivity contribution >= 4 is 23.2 Å². The first kappa shape index (κ1) is 25.4. The standard InChI is InChI=1S/C29H30N2O8.2H2/c30-28(37)23-20(32)11-17-8-15-9-19-18(14-4-7-39-13-14)10-16(12-31-5-2-1-3-6-31)24(33)22(19)25(34)21(15)26(35)29(17,38)27(23)36;;/h4,7,10,13,15,17,33-34,36,38H,1-3,5-6,8-9,11-12H2,(H2,30,37);2*1H/t15?,17?,29-;;/m0../s1. The van der Waals surface area contributed by atoms with Crippen LogP contribution in [0.4, 0.5) is 0 Å². The van der Waals surface area contributed by atoms with E-state index in [0.717, 1.165) is 43.5 Å². The first-order valence-electron chi connectivity index (χ1n) is 13.2. The van der Waals surface area contributed by atoms with Crippen molar-refractivity contribution in [2.24, 2.45) is 17.6 Å². The van der Waals surface area contributed by atoms with Crippen molar-refractivity contribution in [1.29, 1.82) is 0 Å². The van der Waals surface area contributed by atoms with E-state index in [1.54, 1.807) is 12.3 Å². The molecule has 3 atom stereocenters. The molecular weight excluding hydrogens is 504 g/mol. The molecule has 2 aromatic rings. The Hall–Kier alpha value is -3.89. The van der Waals surface area contributed by atoms with E-state index in [9.17, 15) is 34.8 Å². The Morgan fingerprint density at radius 1 is 1.15 bits per heavy atom. The maximum atomic E-state index is 13.8. The van der Waals surface area contributed by atoms with E-state index in [2.05, 4.69) is 4.90 Å². The largest absolute Gasteiger partial charge is 0.508 e. The number of nitrogens with zero attached hydrogens (tertiary/aromatic N) is 1. The van der Waals surface area contributed by atoms with Gasteiger partial charge in [-0.15, -0.1) is 0 Å². The van der Waals surface area contributed by atoms with Crippen LogP contribution in [0.3, 0.4) is 0 Å². The number of aliphatic hydroxyl groups is 3. The van der Waals surface area contributed by atoms with Gasteiger partial charge in [-0.25, -0.2) is 0 Å². The number of likely N-dealkylation sites (tertiary alicyclic amines) is 1. The predicted molar refractivity (Wildman–Crippen MR) is 142 cm³/mol. The van der Waals surface area contributed by atoms with Gasteiger partial charge in [0.05, 0.1) is 18.1 Å². The first-order chi connectivity index (χ1) is 18.6. The van der Waals surface area contributed by atoms with Crippen LogP contribution < -0.4 is 5.73 Å². The molecule has 39 heavy (non-hydrogen) atoms. The van der Waals surface area contributed by atoms with Crippen LogP contribution in [0.5, 0.6) is 5.75 Å². The second-order valence-corrected chi connectivity index (χ2v) is 11.0. The molecule has 1 saturated carbocycles. The van der Waals surface area contributed by atoms with Crippen molar-refractivity contribution in [2.75, 3.05) is 13.1 Å². The number of primary amides is 1. The van der Waals surface area contributed by atoms with E-state index in [0.29, 0.717) is 17.7 Å². The monoisotopic (exact) mass is 538 g/mol. The molecule has 0 spiro atoms. The number of phenolic OH excluding ortho intramolecular Hbond substituents is 1. The third kappa shape index (κ3) is 3.73. The number of fused-ring (bicyclic) bond motifs is 3. The molecule has 2 heterocycles. The third-order valence-corrected chi connectivity index (χ3v) is 8.82. The molecule has 1 saturated heterocycles. The highest BCUT2D eigenvalue weighted by atomic mass is 16.3. The van der Waals surface area contributed by atoms with Crippen LogP contribution in [0.25, 0.3) is 16.9 Å². The zero-order valence-corrected chi connectivity index (χ0v) is 21.3. The number of hydrogen-bond acceptors (Lipinski definition) is 9. The summed E-state index contributed by atoms with van der Waals surface area (Å²) < 4.78 is 5.32. The van der Waals surface area contributed by atoms with E-state index in [-0.39, 0.29) is 39.0 Å². The smallest absolute Gasteiger partial charge is 0.255 e. The number of benzene rings is 1. The van der Waals surface area contributed by atoms with E-state index in [4.69, 9.17) is 10.2 Å². The molecule has 2 unspecified atom stereocenters. The van der Waals surface area contributed by atoms with Crippen molar-refractivity contribution in [1.82, 2.24) is 4.90 Å². The maximum Gasteiger partial charge on any atom is 0.255 e. The fraction of sp³-hybridized carbons (Fsp3) is 0.414. The maximum absolute atomic E-state index is 13.8. The van der Waals surface area contributed by atoms with Crippen LogP contribution in [0.2, 0.25) is 0 Å². The van der Waals surface area contributed by atoms with Crippen LogP contribution in [0.15, 0.2) is 46.0 Å². The number of piperidine rings is 1. The Labute approximate surface area is 227 Å². The number of amides is 1. The van der Waals surface area contributed by atoms with Gasteiger partial charge in [-0.05, 0) is 68.0 Å². The topological polar surface area (TPSA) is 175 Å². The number of carbonyl (C=O) groups excluding carboxylic acids is 3. The number of hydrogen-bond donors (Lipinski definition) is 5. The number of rotatable bonds is 4. The summed E-state index contributed by atoms with van der Waals surface area (Å²) in [5, 5.41) is 45.3. The van der Waals surface area contributed by atoms with Gasteiger partial charge in [0, 0.05) is 38.4 Å². The van der Waals surface area contributed by atoms with Gasteiger partial charge in [-0.3, -0.25) is 19.3 Å². The molecule has 1 aliphatic heterocycles. The fourth-order valence-corrected chi connectivity index (χ4v) is 6.90. The Balaban J connectivity index is 0.00000194. The van der Waals surface area contributed by atoms with Crippen LogP contribution >= 0.6 is 0 Å². The number of nitrogens with two attached hydrogens (primary N) is 1. The lowest BCUT2D eigenvalue weighted by Gasteiger charge is -2.46. The molecule has 4 aliphatic rings. The molecule has 208 valence electrons. The van der Waals surface area contributed by atoms with Gasteiger partial charge in [0.2, 0.25) is 5.78 Å². The van der Waals surface area contributed by atoms with Crippen molar-refractivity contribution in [3.63, 3.8) is 0 Å². The van der Waals surface area contributed by atoms with Gasteiger partial charge in [0.1, 0.15) is 22.8 Å². The first-order valence-corrected chi connectivity index (χ1v) is 13.2. The molecule has 1 aromatic carbocycles. The third-order valence-electron chi connectivity index (χ3n) is 8.82. The molecule has 2 fully saturated rings. The molecular formula is C29H34N2O8. The Morgan fingerprint density at radius 3 is 2.56 bits per heavy atom. The van der Waals surface area contributed by atoms with Gasteiger partial charge >= 0.3 is 0 Å². The van der Waals surface area contributed by atoms with Crippen LogP contribution in [-0.2, 0) is 27.3 Å². The molecule has 6 rings (SSSR count). The summed E-state index contributed by atoms with van der Waals surface area (Å²) in [5.74, 6) is -6.28. The average Bonchev–Trinajstić information content (AvgIpc) is 3.43. The molecule has 10 nitrogen and oxygen atoms in total. The number of aliphatic hydroxyl groups excluding tert-OH is 2. The number of furan rings is 1. The summed E-state index contributed by atoms with van der Waals surface area (Å²) in [6.07, 6.45) is 6.35. The van der Waals surface area contributed by atoms with Crippen molar-refractivity contribution < 1.29 is 42.1 Å². The van der Waals surface area contributed by atoms with Crippen LogP contribution in [0.1, 0.15) is 51.6 Å². The highest BCUT2D eigenvalue weighted by Gasteiger charge is 2.60. The Bertz CT molecular complexity index is 1480. The molecule has 1 amide bonds. The number of Topliss-reactive ketones (excluding diaryl/α,β-unsaturated/α-hetero) is 2. The summed E-state index contributed by atoms with van der Waals surface area (Å²) in [7, 11) is 0. The molecule has 6 N–H and O–H groups in total. The van der Waals surface area contributed by atoms with Crippen LogP contribution in [-0.4, -0.2) is 61.5 Å². The van der Waals surface area contributed by atoms with Gasteiger partial charge < -0.3 is 30.6 Å². The fourth-order valence-electron chi connectivity index (χ4n) is 6.90. The minimum absolute atomic E-state index is 0. The van der Waals surface area contributed by atoms with Crippen molar-refractivity contribution in [3.8, 4) is 16.9 Å². The zero-order chi connectivity index (χ0) is 27.6. The number of aromatic hydroxyl groups is 1. The van der Waals surface area contributed by atoms with Crippen LogP contribution in [0, 0.1) is 11.8 Å². The van der Waals surface area contributed by atoms with E-state index >= 15 is 0 Å². The highest BCUT2D eigenvalue weighted by molar-refractivity contribution is 6.22. The van der Waals surface area contributed by atoms with Gasteiger partial charge in [-0.2, -0.15) is 0 Å². The highest BCUT2D eigenvalue weighted by Crippen LogP contribution is 2.53. The van der Waals surface area contributed by atoms with Gasteiger partial charge in [0.15, 0.2) is 11.4 Å². The summed E-state index contributed by atoms with van der Waals surface area (Å²) in [5.41, 5.74) is 4.56. The summed E-state index contributed by atoms with van der Waals surface area (Å²) in [6, 6.07) is 3.68. The van der Waals surface area contributed by atoms with E-state index < -0.39 is 52.0 Å². The lowest BCUT2D eigenvalue weighted by Crippen LogP contribution is -2.58. The zero-order valence-electron chi connectivity index (χ0n) is 21.3. The number of carbonyl (C=O) groups is 3. The van der Waals surface area contributed by atoms with Gasteiger partial charge in [-0.1, -0.05) is 6.42 Å². The Kier molecular flexibility index (Phi) is 5.92. The average molecular weight is 539 g/mol. The lowest BCUT2D eigenvalue weighted by molar-refractivity contribution is -0.147. The SMILES string of the molecule is NC(=O)C1=C(O)[C@@]2(O)C(=O)C3=C(O)c4c(O)c(CN5CCCCC5)cc(-c5ccoc5)c4CC3CC2CC1=O.[HH].[HH].